The number of carbonyl (C=O) groups excluding carboxylic acids is 1. The van der Waals surface area contributed by atoms with Crippen molar-refractivity contribution in [2.75, 3.05) is 39.4 Å². The number of sulfonamides is 1. The van der Waals surface area contributed by atoms with E-state index >= 15 is 0 Å². The molecule has 0 saturated carbocycles. The molecule has 1 atom stereocenters. The Bertz CT molecular complexity index is 1480. The van der Waals surface area contributed by atoms with Crippen LogP contribution in [-0.2, 0) is 14.8 Å². The monoisotopic (exact) mass is 497 g/mol. The fraction of sp³-hybridized carbons (Fsp3) is 0.333. The molecule has 0 aliphatic carbocycles. The lowest BCUT2D eigenvalue weighted by atomic mass is 10.0. The minimum atomic E-state index is -3.75. The first-order valence-electron chi connectivity index (χ1n) is 11.2. The van der Waals surface area contributed by atoms with Crippen molar-refractivity contribution < 1.29 is 32.3 Å². The van der Waals surface area contributed by atoms with Gasteiger partial charge in [0.1, 0.15) is 13.2 Å². The third kappa shape index (κ3) is 3.58. The maximum atomic E-state index is 13.3. The molecule has 4 heterocycles. The van der Waals surface area contributed by atoms with Gasteiger partial charge in [0.2, 0.25) is 10.0 Å². The van der Waals surface area contributed by atoms with Gasteiger partial charge in [0.25, 0.3) is 5.91 Å². The normalized spacial score (nSPS) is 18.9. The van der Waals surface area contributed by atoms with Gasteiger partial charge in [-0.05, 0) is 36.3 Å². The third-order valence-electron chi connectivity index (χ3n) is 6.69. The summed E-state index contributed by atoms with van der Waals surface area (Å²) in [5.74, 6) is 0.511. The fourth-order valence-electron chi connectivity index (χ4n) is 4.91. The number of carbonyl (C=O) groups is 1. The van der Waals surface area contributed by atoms with Crippen molar-refractivity contribution >= 4 is 26.9 Å². The van der Waals surface area contributed by atoms with Crippen LogP contribution in [0.3, 0.4) is 0 Å². The Morgan fingerprint density at radius 3 is 2.49 bits per heavy atom. The number of hydrogen-bond donors (Lipinski definition) is 1. The zero-order valence-corrected chi connectivity index (χ0v) is 19.7. The summed E-state index contributed by atoms with van der Waals surface area (Å²) in [4.78, 5) is 14.8. The number of aliphatic hydroxyl groups excluding tert-OH is 1. The Balaban J connectivity index is 1.16. The van der Waals surface area contributed by atoms with Crippen molar-refractivity contribution in [3.63, 3.8) is 0 Å². The van der Waals surface area contributed by atoms with Crippen LogP contribution in [-0.4, -0.2) is 73.2 Å². The second-order valence-electron chi connectivity index (χ2n) is 8.87. The van der Waals surface area contributed by atoms with Gasteiger partial charge in [-0.15, -0.1) is 0 Å². The highest BCUT2D eigenvalue weighted by atomic mass is 32.2. The molecule has 10 nitrogen and oxygen atoms in total. The van der Waals surface area contributed by atoms with Crippen molar-refractivity contribution in [3.8, 4) is 11.5 Å². The van der Waals surface area contributed by atoms with E-state index < -0.39 is 22.0 Å². The first-order valence-corrected chi connectivity index (χ1v) is 12.7. The minimum absolute atomic E-state index is 0.142. The number of hydrogen-bond acceptors (Lipinski definition) is 8. The average Bonchev–Trinajstić information content (AvgIpc) is 3.56. The van der Waals surface area contributed by atoms with Crippen molar-refractivity contribution in [1.29, 1.82) is 0 Å². The Labute approximate surface area is 201 Å². The molecule has 1 aromatic heterocycles. The van der Waals surface area contributed by atoms with Gasteiger partial charge in [-0.1, -0.05) is 17.3 Å². The van der Waals surface area contributed by atoms with Gasteiger partial charge in [0.15, 0.2) is 23.2 Å². The second-order valence-corrected chi connectivity index (χ2v) is 10.8. The molecule has 0 radical (unpaired) electrons. The Morgan fingerprint density at radius 2 is 1.74 bits per heavy atom. The summed E-state index contributed by atoms with van der Waals surface area (Å²) in [7, 11) is -3.75. The van der Waals surface area contributed by atoms with Crippen molar-refractivity contribution in [2.45, 2.75) is 17.9 Å². The molecule has 0 fully saturated rings. The Morgan fingerprint density at radius 1 is 1.03 bits per heavy atom. The molecule has 0 spiro atoms. The molecule has 3 aliphatic heterocycles. The van der Waals surface area contributed by atoms with Crippen molar-refractivity contribution in [1.82, 2.24) is 14.4 Å². The van der Waals surface area contributed by atoms with Gasteiger partial charge in [0.05, 0.1) is 16.0 Å². The Kier molecular flexibility index (Phi) is 5.09. The zero-order valence-electron chi connectivity index (χ0n) is 18.9. The minimum Gasteiger partial charge on any atom is -0.486 e. The molecule has 2 aromatic carbocycles. The molecule has 35 heavy (non-hydrogen) atoms. The molecule has 11 heteroatoms. The summed E-state index contributed by atoms with van der Waals surface area (Å²) in [6.45, 7) is 3.51. The van der Waals surface area contributed by atoms with Gasteiger partial charge < -0.3 is 24.0 Å². The molecule has 1 unspecified atom stereocenters. The average molecular weight is 498 g/mol. The number of benzene rings is 2. The number of aromatic nitrogens is 1. The lowest BCUT2D eigenvalue weighted by Crippen LogP contribution is -2.38. The highest BCUT2D eigenvalue weighted by molar-refractivity contribution is 7.89. The molecule has 1 N–H and O–H groups in total. The smallest absolute Gasteiger partial charge is 0.256 e. The van der Waals surface area contributed by atoms with Crippen LogP contribution < -0.4 is 9.47 Å². The number of aliphatic hydroxyl groups is 1. The highest BCUT2D eigenvalue weighted by Gasteiger charge is 2.39. The van der Waals surface area contributed by atoms with E-state index in [-0.39, 0.29) is 31.1 Å². The summed E-state index contributed by atoms with van der Waals surface area (Å²) in [6, 6.07) is 9.75. The van der Waals surface area contributed by atoms with Crippen LogP contribution >= 0.6 is 0 Å². The number of amides is 1. The van der Waals surface area contributed by atoms with Gasteiger partial charge in [-0.3, -0.25) is 4.79 Å². The van der Waals surface area contributed by atoms with Crippen LogP contribution in [0.2, 0.25) is 0 Å². The van der Waals surface area contributed by atoms with Gasteiger partial charge in [-0.2, -0.15) is 4.31 Å². The SMILES string of the molecule is Cc1noc2cccc(C(O)C(=O)N3CC4=C(C3)CN(S(=O)(=O)c3ccc5c(c3)OCCO5)C4)c12. The molecule has 0 bridgehead atoms. The fourth-order valence-corrected chi connectivity index (χ4v) is 6.36. The molecule has 3 aromatic rings. The van der Waals surface area contributed by atoms with E-state index in [2.05, 4.69) is 5.16 Å². The van der Waals surface area contributed by atoms with Crippen molar-refractivity contribution in [3.05, 3.63) is 58.8 Å². The summed E-state index contributed by atoms with van der Waals surface area (Å²) in [5, 5.41) is 15.4. The lowest BCUT2D eigenvalue weighted by Gasteiger charge is -2.25. The van der Waals surface area contributed by atoms with Gasteiger partial charge >= 0.3 is 0 Å². The molecular weight excluding hydrogens is 474 g/mol. The summed E-state index contributed by atoms with van der Waals surface area (Å²) >= 11 is 0. The lowest BCUT2D eigenvalue weighted by molar-refractivity contribution is -0.139. The van der Waals surface area contributed by atoms with Crippen LogP contribution in [0.1, 0.15) is 17.4 Å². The summed E-state index contributed by atoms with van der Waals surface area (Å²) in [5.41, 5.74) is 3.32. The molecular formula is C24H23N3O7S. The molecule has 3 aliphatic rings. The van der Waals surface area contributed by atoms with Gasteiger partial charge in [0, 0.05) is 37.8 Å². The number of ether oxygens (including phenoxy) is 2. The molecule has 0 saturated heterocycles. The van der Waals surface area contributed by atoms with E-state index in [0.717, 1.165) is 11.1 Å². The van der Waals surface area contributed by atoms with Crippen molar-refractivity contribution in [2.24, 2.45) is 0 Å². The van der Waals surface area contributed by atoms with E-state index in [1.165, 1.54) is 16.4 Å². The van der Waals surface area contributed by atoms with Crippen LogP contribution in [0.5, 0.6) is 11.5 Å². The molecule has 6 rings (SSSR count). The first-order chi connectivity index (χ1) is 16.8. The predicted molar refractivity (Wildman–Crippen MR) is 124 cm³/mol. The molecule has 182 valence electrons. The van der Waals surface area contributed by atoms with Crippen LogP contribution in [0.15, 0.2) is 57.0 Å². The van der Waals surface area contributed by atoms with E-state index in [4.69, 9.17) is 14.0 Å². The van der Waals surface area contributed by atoms with E-state index in [0.29, 0.717) is 46.9 Å². The predicted octanol–water partition coefficient (Wildman–Crippen LogP) is 1.78. The van der Waals surface area contributed by atoms with E-state index in [9.17, 15) is 18.3 Å². The second kappa shape index (κ2) is 8.08. The van der Waals surface area contributed by atoms with Gasteiger partial charge in [-0.25, -0.2) is 8.42 Å². The van der Waals surface area contributed by atoms with Crippen LogP contribution in [0, 0.1) is 6.92 Å². The number of aryl methyl sites for hydroxylation is 1. The Hall–Kier alpha value is -3.41. The molecule has 1 amide bonds. The van der Waals surface area contributed by atoms with E-state index in [1.54, 1.807) is 36.1 Å². The number of fused-ring (bicyclic) bond motifs is 2. The summed E-state index contributed by atoms with van der Waals surface area (Å²) in [6.07, 6.45) is -1.37. The zero-order chi connectivity index (χ0) is 24.3. The number of nitrogens with zero attached hydrogens (tertiary/aromatic N) is 3. The standard InChI is InChI=1S/C24H23N3O7S/c1-14-22-18(3-2-4-20(22)34-25-14)23(28)24(29)26-10-15-12-27(13-16(15)11-26)35(30,31)17-5-6-19-21(9-17)33-8-7-32-19/h2-6,9,23,28H,7-8,10-13H2,1H3. The van der Waals surface area contributed by atoms with Crippen LogP contribution in [0.25, 0.3) is 11.0 Å². The maximum Gasteiger partial charge on any atom is 0.256 e. The first kappa shape index (κ1) is 22.1. The van der Waals surface area contributed by atoms with Crippen LogP contribution in [0.4, 0.5) is 0 Å². The third-order valence-corrected chi connectivity index (χ3v) is 8.48. The number of rotatable bonds is 4. The largest absolute Gasteiger partial charge is 0.486 e. The van der Waals surface area contributed by atoms with E-state index in [1.807, 2.05) is 0 Å². The summed E-state index contributed by atoms with van der Waals surface area (Å²) < 4.78 is 44.2. The quantitative estimate of drug-likeness (QED) is 0.542. The highest BCUT2D eigenvalue weighted by Crippen LogP contribution is 2.36. The maximum absolute atomic E-state index is 13.3. The topological polar surface area (TPSA) is 122 Å².